The van der Waals surface area contributed by atoms with Crippen LogP contribution in [0, 0.1) is 6.92 Å². The lowest BCUT2D eigenvalue weighted by molar-refractivity contribution is 0.613. The smallest absolute Gasteiger partial charge is 0.208 e. The summed E-state index contributed by atoms with van der Waals surface area (Å²) in [5.41, 5.74) is 0. The molecule has 1 aromatic rings. The van der Waals surface area contributed by atoms with Gasteiger partial charge in [0.1, 0.15) is 5.01 Å². The van der Waals surface area contributed by atoms with E-state index < -0.39 is 0 Å². The maximum absolute atomic E-state index is 4.03. The van der Waals surface area contributed by atoms with Gasteiger partial charge in [-0.15, -0.1) is 10.2 Å². The molecule has 0 amide bonds. The van der Waals surface area contributed by atoms with E-state index in [2.05, 4.69) is 15.1 Å². The van der Waals surface area contributed by atoms with Crippen LogP contribution in [0.1, 0.15) is 11.4 Å². The average molecular weight is 155 g/mol. The molecule has 0 aliphatic carbocycles. The molecule has 0 bridgehead atoms. The Kier molecular flexibility index (Phi) is 1.34. The molecule has 2 rings (SSSR count). The van der Waals surface area contributed by atoms with E-state index >= 15 is 0 Å². The van der Waals surface area contributed by atoms with Gasteiger partial charge in [0.2, 0.25) is 5.13 Å². The SMILES string of the molecule is Cc1nnc(N2CCC2)s1. The third kappa shape index (κ3) is 0.883. The van der Waals surface area contributed by atoms with E-state index in [1.165, 1.54) is 6.42 Å². The van der Waals surface area contributed by atoms with Gasteiger partial charge < -0.3 is 4.90 Å². The lowest BCUT2D eigenvalue weighted by Gasteiger charge is -2.29. The molecule has 0 radical (unpaired) electrons. The van der Waals surface area contributed by atoms with Crippen LogP contribution >= 0.6 is 11.3 Å². The zero-order valence-corrected chi connectivity index (χ0v) is 6.69. The number of hydrogen-bond donors (Lipinski definition) is 0. The van der Waals surface area contributed by atoms with Gasteiger partial charge in [-0.05, 0) is 13.3 Å². The molecular weight excluding hydrogens is 146 g/mol. The first-order chi connectivity index (χ1) is 4.86. The average Bonchev–Trinajstić information content (AvgIpc) is 2.10. The van der Waals surface area contributed by atoms with Crippen molar-refractivity contribution >= 4 is 16.5 Å². The second-order valence-corrected chi connectivity index (χ2v) is 3.60. The number of rotatable bonds is 1. The molecule has 3 nitrogen and oxygen atoms in total. The third-order valence-electron chi connectivity index (χ3n) is 1.64. The molecule has 1 saturated heterocycles. The molecule has 10 heavy (non-hydrogen) atoms. The minimum atomic E-state index is 1.06. The molecule has 0 N–H and O–H groups in total. The fourth-order valence-electron chi connectivity index (χ4n) is 0.921. The number of hydrogen-bond acceptors (Lipinski definition) is 4. The van der Waals surface area contributed by atoms with E-state index in [0.29, 0.717) is 0 Å². The Hall–Kier alpha value is -0.640. The van der Waals surface area contributed by atoms with Crippen LogP contribution in [0.3, 0.4) is 0 Å². The van der Waals surface area contributed by atoms with Crippen LogP contribution < -0.4 is 4.90 Å². The summed E-state index contributed by atoms with van der Waals surface area (Å²) < 4.78 is 0. The Balaban J connectivity index is 2.17. The molecule has 1 aliphatic rings. The van der Waals surface area contributed by atoms with Gasteiger partial charge in [0.05, 0.1) is 0 Å². The standard InChI is InChI=1S/C6H9N3S/c1-5-7-8-6(10-5)9-3-2-4-9/h2-4H2,1H3. The Morgan fingerprint density at radius 3 is 2.60 bits per heavy atom. The first-order valence-electron chi connectivity index (χ1n) is 3.41. The summed E-state index contributed by atoms with van der Waals surface area (Å²) in [6, 6.07) is 0. The van der Waals surface area contributed by atoms with Gasteiger partial charge >= 0.3 is 0 Å². The zero-order chi connectivity index (χ0) is 6.97. The Morgan fingerprint density at radius 2 is 2.20 bits per heavy atom. The molecule has 1 aromatic heterocycles. The van der Waals surface area contributed by atoms with Crippen LogP contribution in [-0.4, -0.2) is 23.3 Å². The van der Waals surface area contributed by atoms with Gasteiger partial charge in [-0.3, -0.25) is 0 Å². The van der Waals surface area contributed by atoms with Crippen LogP contribution in [0.2, 0.25) is 0 Å². The lowest BCUT2D eigenvalue weighted by atomic mass is 10.2. The van der Waals surface area contributed by atoms with Crippen LogP contribution in [0.4, 0.5) is 5.13 Å². The topological polar surface area (TPSA) is 29.0 Å². The van der Waals surface area contributed by atoms with E-state index in [9.17, 15) is 0 Å². The van der Waals surface area contributed by atoms with Crippen molar-refractivity contribution < 1.29 is 0 Å². The van der Waals surface area contributed by atoms with Crippen molar-refractivity contribution in [3.05, 3.63) is 5.01 Å². The first-order valence-corrected chi connectivity index (χ1v) is 4.23. The summed E-state index contributed by atoms with van der Waals surface area (Å²) in [5, 5.41) is 10.1. The Labute approximate surface area is 63.7 Å². The second-order valence-electron chi connectivity index (χ2n) is 2.44. The van der Waals surface area contributed by atoms with Crippen molar-refractivity contribution in [1.29, 1.82) is 0 Å². The zero-order valence-electron chi connectivity index (χ0n) is 5.87. The molecule has 0 aromatic carbocycles. The molecule has 1 aliphatic heterocycles. The summed E-state index contributed by atoms with van der Waals surface area (Å²) in [6.45, 7) is 4.31. The normalized spacial score (nSPS) is 17.1. The highest BCUT2D eigenvalue weighted by Crippen LogP contribution is 2.23. The Morgan fingerprint density at radius 1 is 1.40 bits per heavy atom. The number of anilines is 1. The predicted octanol–water partition coefficient (Wildman–Crippen LogP) is 1.06. The number of aryl methyl sites for hydroxylation is 1. The van der Waals surface area contributed by atoms with Crippen molar-refractivity contribution in [3.63, 3.8) is 0 Å². The largest absolute Gasteiger partial charge is 0.347 e. The second kappa shape index (κ2) is 2.20. The highest BCUT2D eigenvalue weighted by atomic mass is 32.1. The Bertz CT molecular complexity index is 229. The highest BCUT2D eigenvalue weighted by molar-refractivity contribution is 7.15. The molecule has 54 valence electrons. The van der Waals surface area contributed by atoms with Gasteiger partial charge in [-0.2, -0.15) is 0 Å². The van der Waals surface area contributed by atoms with Crippen molar-refractivity contribution in [2.75, 3.05) is 18.0 Å². The fraction of sp³-hybridized carbons (Fsp3) is 0.667. The molecule has 0 unspecified atom stereocenters. The van der Waals surface area contributed by atoms with Gasteiger partial charge in [0, 0.05) is 13.1 Å². The third-order valence-corrected chi connectivity index (χ3v) is 2.54. The summed E-state index contributed by atoms with van der Waals surface area (Å²) >= 11 is 1.68. The van der Waals surface area contributed by atoms with Crippen molar-refractivity contribution in [1.82, 2.24) is 10.2 Å². The first kappa shape index (κ1) is 6.09. The molecule has 1 fully saturated rings. The highest BCUT2D eigenvalue weighted by Gasteiger charge is 2.17. The molecule has 0 spiro atoms. The summed E-state index contributed by atoms with van der Waals surface area (Å²) in [4.78, 5) is 2.25. The van der Waals surface area contributed by atoms with E-state index in [1.54, 1.807) is 11.3 Å². The summed E-state index contributed by atoms with van der Waals surface area (Å²) in [7, 11) is 0. The van der Waals surface area contributed by atoms with E-state index in [1.807, 2.05) is 6.92 Å². The van der Waals surface area contributed by atoms with Crippen molar-refractivity contribution in [2.45, 2.75) is 13.3 Å². The molecule has 0 atom stereocenters. The van der Waals surface area contributed by atoms with Gasteiger partial charge in [-0.1, -0.05) is 11.3 Å². The quantitative estimate of drug-likeness (QED) is 0.607. The molecular formula is C6H9N3S. The fourth-order valence-corrected chi connectivity index (χ4v) is 1.66. The van der Waals surface area contributed by atoms with Crippen LogP contribution in [0.15, 0.2) is 0 Å². The monoisotopic (exact) mass is 155 g/mol. The van der Waals surface area contributed by atoms with Gasteiger partial charge in [-0.25, -0.2) is 0 Å². The lowest BCUT2D eigenvalue weighted by Crippen LogP contribution is -2.36. The predicted molar refractivity (Wildman–Crippen MR) is 41.5 cm³/mol. The van der Waals surface area contributed by atoms with Crippen LogP contribution in [0.5, 0.6) is 0 Å². The van der Waals surface area contributed by atoms with E-state index in [-0.39, 0.29) is 0 Å². The summed E-state index contributed by atoms with van der Waals surface area (Å²) in [6.07, 6.45) is 1.30. The van der Waals surface area contributed by atoms with E-state index in [4.69, 9.17) is 0 Å². The van der Waals surface area contributed by atoms with Crippen LogP contribution in [0.25, 0.3) is 0 Å². The summed E-state index contributed by atoms with van der Waals surface area (Å²) in [5.74, 6) is 0. The minimum absolute atomic E-state index is 1.06. The maximum Gasteiger partial charge on any atom is 0.208 e. The maximum atomic E-state index is 4.03. The molecule has 4 heteroatoms. The molecule has 2 heterocycles. The molecule has 0 saturated carbocycles. The van der Waals surface area contributed by atoms with Crippen LogP contribution in [-0.2, 0) is 0 Å². The van der Waals surface area contributed by atoms with Gasteiger partial charge in [0.15, 0.2) is 0 Å². The number of aromatic nitrogens is 2. The van der Waals surface area contributed by atoms with Crippen molar-refractivity contribution in [2.24, 2.45) is 0 Å². The van der Waals surface area contributed by atoms with E-state index in [0.717, 1.165) is 23.2 Å². The van der Waals surface area contributed by atoms with Crippen molar-refractivity contribution in [3.8, 4) is 0 Å². The van der Waals surface area contributed by atoms with Gasteiger partial charge in [0.25, 0.3) is 0 Å². The number of nitrogens with zero attached hydrogens (tertiary/aromatic N) is 3. The minimum Gasteiger partial charge on any atom is -0.347 e.